The van der Waals surface area contributed by atoms with Gasteiger partial charge in [-0.25, -0.2) is 0 Å². The van der Waals surface area contributed by atoms with E-state index in [0.717, 1.165) is 6.07 Å². The smallest absolute Gasteiger partial charge is 0.270 e. The molecule has 0 saturated heterocycles. The zero-order valence-electron chi connectivity index (χ0n) is 11.7. The van der Waals surface area contributed by atoms with E-state index in [1.165, 1.54) is 12.1 Å². The second kappa shape index (κ2) is 6.99. The van der Waals surface area contributed by atoms with Crippen LogP contribution in [0, 0.1) is 17.0 Å². The lowest BCUT2D eigenvalue weighted by atomic mass is 10.2. The molecule has 0 radical (unpaired) electrons. The number of aryl methyl sites for hydroxylation is 2. The third kappa shape index (κ3) is 4.01. The number of aromatic nitrogens is 2. The topological polar surface area (TPSA) is 111 Å². The van der Waals surface area contributed by atoms with Crippen LogP contribution in [0.1, 0.15) is 28.5 Å². The number of rotatable bonds is 6. The number of nitrogens with zero attached hydrogens (tertiary/aromatic N) is 3. The Kier molecular flexibility index (Phi) is 5.05. The number of nitrogens with one attached hydrogen (secondary N) is 1. The summed E-state index contributed by atoms with van der Waals surface area (Å²) in [4.78, 5) is 26.2. The molecule has 1 aromatic heterocycles. The summed E-state index contributed by atoms with van der Waals surface area (Å²) in [6.45, 7) is 2.08. The standard InChI is InChI=1S/C13H13ClN4O4/c1-8-16-12(22-17-8)3-2-6-15-13(19)10-7-9(18(20)21)4-5-11(10)14/h4-5,7H,2-3,6H2,1H3,(H,15,19). The monoisotopic (exact) mass is 324 g/mol. The fourth-order valence-corrected chi connectivity index (χ4v) is 1.98. The van der Waals surface area contributed by atoms with E-state index in [0.29, 0.717) is 31.1 Å². The summed E-state index contributed by atoms with van der Waals surface area (Å²) in [6.07, 6.45) is 1.13. The predicted octanol–water partition coefficient (Wildman–Crippen LogP) is 2.30. The van der Waals surface area contributed by atoms with Crippen molar-refractivity contribution in [2.45, 2.75) is 19.8 Å². The second-order valence-corrected chi connectivity index (χ2v) is 4.92. The number of carbonyl (C=O) groups is 1. The molecule has 0 bridgehead atoms. The molecule has 2 rings (SSSR count). The van der Waals surface area contributed by atoms with Crippen LogP contribution in [0.4, 0.5) is 5.69 Å². The number of carbonyl (C=O) groups excluding carboxylic acids is 1. The molecule has 0 saturated carbocycles. The van der Waals surface area contributed by atoms with Crippen molar-refractivity contribution in [3.8, 4) is 0 Å². The normalized spacial score (nSPS) is 10.5. The second-order valence-electron chi connectivity index (χ2n) is 4.52. The summed E-state index contributed by atoms with van der Waals surface area (Å²) in [5.41, 5.74) is -0.111. The molecule has 0 aliphatic rings. The molecule has 0 fully saturated rings. The van der Waals surface area contributed by atoms with E-state index in [2.05, 4.69) is 15.5 Å². The van der Waals surface area contributed by atoms with Gasteiger partial charge in [-0.1, -0.05) is 16.8 Å². The average molecular weight is 325 g/mol. The number of nitro groups is 1. The van der Waals surface area contributed by atoms with Crippen LogP contribution >= 0.6 is 11.6 Å². The van der Waals surface area contributed by atoms with Crippen molar-refractivity contribution in [1.82, 2.24) is 15.5 Å². The number of hydrogen-bond acceptors (Lipinski definition) is 6. The van der Waals surface area contributed by atoms with Crippen LogP contribution in [0.25, 0.3) is 0 Å². The summed E-state index contributed by atoms with van der Waals surface area (Å²) < 4.78 is 4.95. The van der Waals surface area contributed by atoms with E-state index in [1.807, 2.05) is 0 Å². The van der Waals surface area contributed by atoms with Crippen LogP contribution < -0.4 is 5.32 Å². The molecule has 1 amide bonds. The molecule has 8 nitrogen and oxygen atoms in total. The van der Waals surface area contributed by atoms with E-state index in [-0.39, 0.29) is 16.3 Å². The predicted molar refractivity (Wildman–Crippen MR) is 77.8 cm³/mol. The molecule has 0 spiro atoms. The summed E-state index contributed by atoms with van der Waals surface area (Å²) in [5, 5.41) is 17.2. The molecule has 1 aromatic carbocycles. The number of hydrogen-bond donors (Lipinski definition) is 1. The molecule has 22 heavy (non-hydrogen) atoms. The van der Waals surface area contributed by atoms with E-state index < -0.39 is 10.8 Å². The number of benzene rings is 1. The van der Waals surface area contributed by atoms with Crippen molar-refractivity contribution in [2.24, 2.45) is 0 Å². The molecule has 0 atom stereocenters. The minimum Gasteiger partial charge on any atom is -0.352 e. The van der Waals surface area contributed by atoms with Gasteiger partial charge in [0.05, 0.1) is 15.5 Å². The van der Waals surface area contributed by atoms with E-state index in [4.69, 9.17) is 16.1 Å². The lowest BCUT2D eigenvalue weighted by Crippen LogP contribution is -2.25. The molecule has 1 N–H and O–H groups in total. The molecule has 2 aromatic rings. The lowest BCUT2D eigenvalue weighted by Gasteiger charge is -2.06. The maximum Gasteiger partial charge on any atom is 0.270 e. The Balaban J connectivity index is 1.89. The highest BCUT2D eigenvalue weighted by Gasteiger charge is 2.15. The van der Waals surface area contributed by atoms with Gasteiger partial charge in [-0.2, -0.15) is 4.98 Å². The van der Waals surface area contributed by atoms with Gasteiger partial charge >= 0.3 is 0 Å². The Morgan fingerprint density at radius 1 is 1.50 bits per heavy atom. The number of amides is 1. The molecule has 0 unspecified atom stereocenters. The maximum absolute atomic E-state index is 12.0. The lowest BCUT2D eigenvalue weighted by molar-refractivity contribution is -0.384. The van der Waals surface area contributed by atoms with Crippen molar-refractivity contribution in [2.75, 3.05) is 6.54 Å². The SMILES string of the molecule is Cc1noc(CCCNC(=O)c2cc([N+](=O)[O-])ccc2Cl)n1. The van der Waals surface area contributed by atoms with Gasteiger partial charge in [0, 0.05) is 25.1 Å². The van der Waals surface area contributed by atoms with Crippen molar-refractivity contribution in [1.29, 1.82) is 0 Å². The summed E-state index contributed by atoms with van der Waals surface area (Å²) in [6, 6.07) is 3.73. The van der Waals surface area contributed by atoms with Crippen LogP contribution in [0.15, 0.2) is 22.7 Å². The first-order valence-corrected chi connectivity index (χ1v) is 6.86. The van der Waals surface area contributed by atoms with Gasteiger partial charge in [-0.05, 0) is 19.4 Å². The van der Waals surface area contributed by atoms with E-state index >= 15 is 0 Å². The van der Waals surface area contributed by atoms with E-state index in [9.17, 15) is 14.9 Å². The van der Waals surface area contributed by atoms with Crippen LogP contribution in [-0.4, -0.2) is 27.5 Å². The molecule has 0 aliphatic carbocycles. The zero-order valence-corrected chi connectivity index (χ0v) is 12.5. The molecule has 116 valence electrons. The molecule has 0 aliphatic heterocycles. The molecule has 1 heterocycles. The van der Waals surface area contributed by atoms with Crippen molar-refractivity contribution in [3.05, 3.63) is 50.6 Å². The largest absolute Gasteiger partial charge is 0.352 e. The molecular formula is C13H13ClN4O4. The average Bonchev–Trinajstić information content (AvgIpc) is 2.89. The first-order chi connectivity index (χ1) is 10.5. The Morgan fingerprint density at radius 2 is 2.27 bits per heavy atom. The third-order valence-electron chi connectivity index (χ3n) is 2.83. The van der Waals surface area contributed by atoms with Gasteiger partial charge in [-0.3, -0.25) is 14.9 Å². The van der Waals surface area contributed by atoms with Crippen LogP contribution in [-0.2, 0) is 6.42 Å². The summed E-state index contributed by atoms with van der Waals surface area (Å²) in [5.74, 6) is 0.595. The minimum absolute atomic E-state index is 0.0736. The van der Waals surface area contributed by atoms with Crippen molar-refractivity contribution in [3.63, 3.8) is 0 Å². The highest BCUT2D eigenvalue weighted by Crippen LogP contribution is 2.21. The first kappa shape index (κ1) is 15.9. The Labute approximate surface area is 130 Å². The number of nitro benzene ring substituents is 1. The Hall–Kier alpha value is -2.48. The minimum atomic E-state index is -0.578. The van der Waals surface area contributed by atoms with Gasteiger partial charge in [0.25, 0.3) is 11.6 Å². The van der Waals surface area contributed by atoms with Crippen molar-refractivity contribution < 1.29 is 14.2 Å². The summed E-state index contributed by atoms with van der Waals surface area (Å²) in [7, 11) is 0. The van der Waals surface area contributed by atoms with Gasteiger partial charge in [0.2, 0.25) is 5.89 Å². The fourth-order valence-electron chi connectivity index (χ4n) is 1.78. The summed E-state index contributed by atoms with van der Waals surface area (Å²) >= 11 is 5.89. The Bertz CT molecular complexity index is 701. The first-order valence-electron chi connectivity index (χ1n) is 6.48. The van der Waals surface area contributed by atoms with Gasteiger partial charge < -0.3 is 9.84 Å². The van der Waals surface area contributed by atoms with Crippen LogP contribution in [0.5, 0.6) is 0 Å². The number of halogens is 1. The Morgan fingerprint density at radius 3 is 2.91 bits per heavy atom. The van der Waals surface area contributed by atoms with Gasteiger partial charge in [-0.15, -0.1) is 0 Å². The van der Waals surface area contributed by atoms with Gasteiger partial charge in [0.1, 0.15) is 0 Å². The zero-order chi connectivity index (χ0) is 16.1. The highest BCUT2D eigenvalue weighted by atomic mass is 35.5. The van der Waals surface area contributed by atoms with Crippen molar-refractivity contribution >= 4 is 23.2 Å². The quantitative estimate of drug-likeness (QED) is 0.496. The van der Waals surface area contributed by atoms with Crippen LogP contribution in [0.3, 0.4) is 0 Å². The fraction of sp³-hybridized carbons (Fsp3) is 0.308. The van der Waals surface area contributed by atoms with E-state index in [1.54, 1.807) is 6.92 Å². The molecular weight excluding hydrogens is 312 g/mol. The van der Waals surface area contributed by atoms with Gasteiger partial charge in [0.15, 0.2) is 5.82 Å². The maximum atomic E-state index is 12.0. The highest BCUT2D eigenvalue weighted by molar-refractivity contribution is 6.33. The van der Waals surface area contributed by atoms with Crippen LogP contribution in [0.2, 0.25) is 5.02 Å². The third-order valence-corrected chi connectivity index (χ3v) is 3.16. The molecule has 9 heteroatoms. The number of non-ortho nitro benzene ring substituents is 1.